The van der Waals surface area contributed by atoms with Gasteiger partial charge in [0.25, 0.3) is 0 Å². The third-order valence-electron chi connectivity index (χ3n) is 2.62. The van der Waals surface area contributed by atoms with Crippen molar-refractivity contribution in [1.82, 2.24) is 0 Å². The molecule has 1 unspecified atom stereocenters. The van der Waals surface area contributed by atoms with Crippen molar-refractivity contribution in [2.24, 2.45) is 0 Å². The maximum atomic E-state index is 3.80. The Morgan fingerprint density at radius 2 is 1.94 bits per heavy atom. The molecular weight excluding hydrogens is 428 g/mol. The largest absolute Gasteiger partial charge is 0.131 e. The van der Waals surface area contributed by atoms with Crippen LogP contribution in [0.1, 0.15) is 27.8 Å². The van der Waals surface area contributed by atoms with Gasteiger partial charge in [0.05, 0.1) is 8.61 Å². The van der Waals surface area contributed by atoms with E-state index in [2.05, 4.69) is 85.0 Å². The van der Waals surface area contributed by atoms with Crippen molar-refractivity contribution in [1.29, 1.82) is 0 Å². The van der Waals surface area contributed by atoms with Crippen molar-refractivity contribution in [3.05, 3.63) is 54.6 Å². The number of rotatable bonds is 3. The topological polar surface area (TPSA) is 0 Å². The minimum atomic E-state index is 0.270. The van der Waals surface area contributed by atoms with E-state index in [-0.39, 0.29) is 4.83 Å². The highest BCUT2D eigenvalue weighted by molar-refractivity contribution is 9.13. The molecule has 0 fully saturated rings. The number of halogens is 3. The highest BCUT2D eigenvalue weighted by Crippen LogP contribution is 2.42. The molecule has 0 spiro atoms. The number of hydrogen-bond donors (Lipinski definition) is 0. The summed E-state index contributed by atoms with van der Waals surface area (Å²) in [5.74, 6) is 0. The summed E-state index contributed by atoms with van der Waals surface area (Å²) in [6.07, 6.45) is 1.06. The van der Waals surface area contributed by atoms with Crippen LogP contribution in [0.15, 0.2) is 38.6 Å². The zero-order valence-electron chi connectivity index (χ0n) is 9.21. The Bertz CT molecular complexity index is 500. The van der Waals surface area contributed by atoms with Gasteiger partial charge in [-0.15, -0.1) is 11.3 Å². The molecule has 4 heteroatoms. The molecule has 1 aromatic heterocycles. The van der Waals surface area contributed by atoms with E-state index in [4.69, 9.17) is 0 Å². The molecule has 0 nitrogen and oxygen atoms in total. The fourth-order valence-electron chi connectivity index (χ4n) is 1.74. The van der Waals surface area contributed by atoms with Crippen molar-refractivity contribution in [2.45, 2.75) is 18.2 Å². The van der Waals surface area contributed by atoms with E-state index in [9.17, 15) is 0 Å². The average molecular weight is 439 g/mol. The van der Waals surface area contributed by atoms with Crippen LogP contribution in [0.2, 0.25) is 0 Å². The lowest BCUT2D eigenvalue weighted by Crippen LogP contribution is -1.95. The molecule has 2 rings (SSSR count). The van der Waals surface area contributed by atoms with E-state index in [0.717, 1.165) is 14.7 Å². The Labute approximate surface area is 131 Å². The predicted molar refractivity (Wildman–Crippen MR) is 86.3 cm³/mol. The lowest BCUT2D eigenvalue weighted by Gasteiger charge is -2.12. The minimum Gasteiger partial charge on any atom is -0.131 e. The van der Waals surface area contributed by atoms with Crippen molar-refractivity contribution >= 4 is 59.1 Å². The van der Waals surface area contributed by atoms with Crippen LogP contribution in [0.3, 0.4) is 0 Å². The molecule has 0 aliphatic carbocycles. The second kappa shape index (κ2) is 6.00. The summed E-state index contributed by atoms with van der Waals surface area (Å²) in [6, 6.07) is 10.8. The van der Waals surface area contributed by atoms with Crippen LogP contribution in [0.5, 0.6) is 0 Å². The normalized spacial score (nSPS) is 12.7. The Kier molecular flexibility index (Phi) is 4.87. The molecule has 0 radical (unpaired) electrons. The molecule has 0 N–H and O–H groups in total. The molecule has 0 saturated heterocycles. The number of alkyl halides is 1. The molecule has 0 saturated carbocycles. The Morgan fingerprint density at radius 1 is 1.24 bits per heavy atom. The van der Waals surface area contributed by atoms with Crippen molar-refractivity contribution in [3.63, 3.8) is 0 Å². The van der Waals surface area contributed by atoms with Gasteiger partial charge in [-0.05, 0) is 55.5 Å². The van der Waals surface area contributed by atoms with E-state index < -0.39 is 0 Å². The van der Waals surface area contributed by atoms with Gasteiger partial charge in [0, 0.05) is 9.35 Å². The molecule has 90 valence electrons. The lowest BCUT2D eigenvalue weighted by atomic mass is 10.0. The van der Waals surface area contributed by atoms with E-state index >= 15 is 0 Å². The summed E-state index contributed by atoms with van der Waals surface area (Å²) in [5.41, 5.74) is 2.76. The zero-order chi connectivity index (χ0) is 12.4. The highest BCUT2D eigenvalue weighted by atomic mass is 79.9. The smallest absolute Gasteiger partial charge is 0.0843 e. The summed E-state index contributed by atoms with van der Waals surface area (Å²) in [4.78, 5) is 1.58. The molecule has 0 bridgehead atoms. The van der Waals surface area contributed by atoms with Gasteiger partial charge in [-0.2, -0.15) is 0 Å². The lowest BCUT2D eigenvalue weighted by molar-refractivity contribution is 1.07. The molecule has 2 aromatic rings. The standard InChI is InChI=1S/C13H11Br3S/c1-2-8-5-3-4-6-9(8)12(15)11-7-10(14)13(16)17-11/h3-7,12H,2H2,1H3. The monoisotopic (exact) mass is 436 g/mol. The third kappa shape index (κ3) is 3.03. The van der Waals surface area contributed by atoms with Crippen LogP contribution in [0, 0.1) is 0 Å². The molecule has 0 amide bonds. The molecule has 0 aliphatic heterocycles. The van der Waals surface area contributed by atoms with Crippen LogP contribution in [-0.2, 0) is 6.42 Å². The van der Waals surface area contributed by atoms with Crippen LogP contribution < -0.4 is 0 Å². The Hall–Kier alpha value is 0.360. The summed E-state index contributed by atoms with van der Waals surface area (Å²) in [5, 5.41) is 0. The molecule has 17 heavy (non-hydrogen) atoms. The molecule has 1 atom stereocenters. The first kappa shape index (κ1) is 13.8. The SMILES string of the molecule is CCc1ccccc1C(Br)c1cc(Br)c(Br)s1. The number of aryl methyl sites for hydroxylation is 1. The summed E-state index contributed by atoms with van der Waals surface area (Å²) in [6.45, 7) is 2.19. The van der Waals surface area contributed by atoms with Crippen molar-refractivity contribution in [2.75, 3.05) is 0 Å². The van der Waals surface area contributed by atoms with Crippen LogP contribution in [0.25, 0.3) is 0 Å². The van der Waals surface area contributed by atoms with Gasteiger partial charge in [0.2, 0.25) is 0 Å². The van der Waals surface area contributed by atoms with Gasteiger partial charge in [-0.25, -0.2) is 0 Å². The highest BCUT2D eigenvalue weighted by Gasteiger charge is 2.16. The molecular formula is C13H11Br3S. The first-order valence-corrected chi connectivity index (χ1v) is 8.62. The maximum absolute atomic E-state index is 3.80. The van der Waals surface area contributed by atoms with Gasteiger partial charge in [-0.1, -0.05) is 47.1 Å². The molecule has 0 aliphatic rings. The number of thiophene rings is 1. The molecule has 1 heterocycles. The van der Waals surface area contributed by atoms with E-state index in [1.807, 2.05) is 0 Å². The quantitative estimate of drug-likeness (QED) is 0.492. The first-order valence-electron chi connectivity index (χ1n) is 5.30. The Morgan fingerprint density at radius 3 is 2.53 bits per heavy atom. The second-order valence-electron chi connectivity index (χ2n) is 3.69. The summed E-state index contributed by atoms with van der Waals surface area (Å²) in [7, 11) is 0. The zero-order valence-corrected chi connectivity index (χ0v) is 14.8. The fourth-order valence-corrected chi connectivity index (χ4v) is 4.69. The van der Waals surface area contributed by atoms with E-state index in [1.54, 1.807) is 11.3 Å². The van der Waals surface area contributed by atoms with Crippen LogP contribution >= 0.6 is 59.1 Å². The fraction of sp³-hybridized carbons (Fsp3) is 0.231. The van der Waals surface area contributed by atoms with Gasteiger partial charge >= 0.3 is 0 Å². The van der Waals surface area contributed by atoms with Crippen LogP contribution in [-0.4, -0.2) is 0 Å². The van der Waals surface area contributed by atoms with Gasteiger partial charge in [0.15, 0.2) is 0 Å². The summed E-state index contributed by atoms with van der Waals surface area (Å²) < 4.78 is 2.27. The second-order valence-corrected chi connectivity index (χ2v) is 7.86. The maximum Gasteiger partial charge on any atom is 0.0843 e. The van der Waals surface area contributed by atoms with Gasteiger partial charge in [0.1, 0.15) is 0 Å². The van der Waals surface area contributed by atoms with Crippen molar-refractivity contribution < 1.29 is 0 Å². The molecule has 1 aromatic carbocycles. The predicted octanol–water partition coefficient (Wildman–Crippen LogP) is 6.32. The van der Waals surface area contributed by atoms with E-state index in [1.165, 1.54) is 16.0 Å². The summed E-state index contributed by atoms with van der Waals surface area (Å²) >= 11 is 12.6. The van der Waals surface area contributed by atoms with Gasteiger partial charge in [-0.3, -0.25) is 0 Å². The van der Waals surface area contributed by atoms with Crippen molar-refractivity contribution in [3.8, 4) is 0 Å². The number of benzene rings is 1. The van der Waals surface area contributed by atoms with E-state index in [0.29, 0.717) is 0 Å². The van der Waals surface area contributed by atoms with Gasteiger partial charge < -0.3 is 0 Å². The Balaban J connectivity index is 2.39. The minimum absolute atomic E-state index is 0.270. The number of hydrogen-bond acceptors (Lipinski definition) is 1. The average Bonchev–Trinajstić information content (AvgIpc) is 2.68. The first-order chi connectivity index (χ1) is 8.13. The third-order valence-corrected chi connectivity index (χ3v) is 7.23. The van der Waals surface area contributed by atoms with Crippen LogP contribution in [0.4, 0.5) is 0 Å².